The smallest absolute Gasteiger partial charge is 0.248 e. The van der Waals surface area contributed by atoms with Gasteiger partial charge >= 0.3 is 0 Å². The number of fused-ring (bicyclic) bond motifs is 1. The van der Waals surface area contributed by atoms with Crippen molar-refractivity contribution in [3.63, 3.8) is 0 Å². The van der Waals surface area contributed by atoms with Crippen molar-refractivity contribution in [3.05, 3.63) is 67.8 Å². The lowest BCUT2D eigenvalue weighted by Gasteiger charge is -2.06. The Hall–Kier alpha value is -4.00. The van der Waals surface area contributed by atoms with Crippen molar-refractivity contribution in [2.45, 2.75) is 0 Å². The molecule has 4 aromatic heterocycles. The Kier molecular flexibility index (Phi) is 4.55. The third-order valence-corrected chi connectivity index (χ3v) is 4.39. The highest BCUT2D eigenvalue weighted by atomic mass is 16.1. The summed E-state index contributed by atoms with van der Waals surface area (Å²) in [5, 5.41) is 6.73. The molecule has 138 valence electrons. The number of carbonyl (C=O) groups excluding carboxylic acids is 1. The quantitative estimate of drug-likeness (QED) is 0.464. The molecule has 0 saturated carbocycles. The van der Waals surface area contributed by atoms with Crippen LogP contribution in [-0.4, -0.2) is 32.9 Å². The van der Waals surface area contributed by atoms with Crippen LogP contribution in [0.3, 0.4) is 0 Å². The Bertz CT molecular complexity index is 1180. The van der Waals surface area contributed by atoms with Crippen LogP contribution in [0.25, 0.3) is 33.3 Å². The Morgan fingerprint density at radius 2 is 1.79 bits per heavy atom. The third kappa shape index (κ3) is 3.33. The molecule has 0 fully saturated rings. The van der Waals surface area contributed by atoms with Gasteiger partial charge in [0.25, 0.3) is 0 Å². The normalized spacial score (nSPS) is 10.6. The number of amides is 1. The average molecular weight is 370 g/mol. The Labute approximate surface area is 161 Å². The van der Waals surface area contributed by atoms with E-state index in [1.54, 1.807) is 18.6 Å². The summed E-state index contributed by atoms with van der Waals surface area (Å²) in [4.78, 5) is 27.7. The van der Waals surface area contributed by atoms with Crippen molar-refractivity contribution in [2.75, 3.05) is 17.7 Å². The largest absolute Gasteiger partial charge is 0.373 e. The number of carbonyl (C=O) groups is 1. The number of hydrogen-bond acceptors (Lipinski definition) is 5. The second-order valence-electron chi connectivity index (χ2n) is 6.13. The van der Waals surface area contributed by atoms with E-state index in [9.17, 15) is 4.79 Å². The van der Waals surface area contributed by atoms with Gasteiger partial charge in [0.05, 0.1) is 0 Å². The van der Waals surface area contributed by atoms with Gasteiger partial charge in [0.2, 0.25) is 5.91 Å². The molecule has 0 bridgehead atoms. The number of nitrogens with zero attached hydrogens (tertiary/aromatic N) is 3. The van der Waals surface area contributed by atoms with Crippen molar-refractivity contribution < 1.29 is 4.79 Å². The second kappa shape index (κ2) is 7.32. The van der Waals surface area contributed by atoms with E-state index in [1.165, 1.54) is 6.08 Å². The van der Waals surface area contributed by atoms with Gasteiger partial charge in [-0.25, -0.2) is 15.0 Å². The van der Waals surface area contributed by atoms with E-state index in [0.29, 0.717) is 5.82 Å². The topological polar surface area (TPSA) is 95.6 Å². The van der Waals surface area contributed by atoms with Crippen molar-refractivity contribution in [1.29, 1.82) is 0 Å². The van der Waals surface area contributed by atoms with Gasteiger partial charge < -0.3 is 15.6 Å². The molecule has 7 heteroatoms. The lowest BCUT2D eigenvalue weighted by atomic mass is 10.0. The summed E-state index contributed by atoms with van der Waals surface area (Å²) in [6, 6.07) is 9.71. The van der Waals surface area contributed by atoms with Crippen molar-refractivity contribution in [2.24, 2.45) is 0 Å². The molecule has 0 unspecified atom stereocenters. The molecule has 0 aliphatic heterocycles. The predicted octanol–water partition coefficient (Wildman–Crippen LogP) is 3.85. The molecule has 3 N–H and O–H groups in total. The Morgan fingerprint density at radius 1 is 1.04 bits per heavy atom. The number of anilines is 2. The molecule has 4 aromatic rings. The van der Waals surface area contributed by atoms with E-state index < -0.39 is 0 Å². The molecule has 0 aliphatic carbocycles. The summed E-state index contributed by atoms with van der Waals surface area (Å²) >= 11 is 0. The lowest BCUT2D eigenvalue weighted by Crippen LogP contribution is -2.08. The number of pyridine rings is 3. The van der Waals surface area contributed by atoms with Crippen LogP contribution in [-0.2, 0) is 4.79 Å². The molecule has 7 nitrogen and oxygen atoms in total. The van der Waals surface area contributed by atoms with E-state index in [-0.39, 0.29) is 5.91 Å². The first kappa shape index (κ1) is 17.4. The minimum atomic E-state index is -0.302. The van der Waals surface area contributed by atoms with Crippen molar-refractivity contribution >= 4 is 28.6 Å². The maximum absolute atomic E-state index is 11.5. The van der Waals surface area contributed by atoms with Crippen molar-refractivity contribution in [1.82, 2.24) is 19.9 Å². The van der Waals surface area contributed by atoms with Crippen LogP contribution in [0.5, 0.6) is 0 Å². The summed E-state index contributed by atoms with van der Waals surface area (Å²) in [5.41, 5.74) is 4.71. The highest BCUT2D eigenvalue weighted by Crippen LogP contribution is 2.32. The Morgan fingerprint density at radius 3 is 2.57 bits per heavy atom. The van der Waals surface area contributed by atoms with Gasteiger partial charge in [-0.3, -0.25) is 4.79 Å². The maximum Gasteiger partial charge on any atom is 0.248 e. The van der Waals surface area contributed by atoms with Crippen LogP contribution >= 0.6 is 0 Å². The van der Waals surface area contributed by atoms with Crippen LogP contribution in [0.1, 0.15) is 0 Å². The zero-order valence-corrected chi connectivity index (χ0v) is 15.2. The van der Waals surface area contributed by atoms with Gasteiger partial charge in [-0.2, -0.15) is 0 Å². The summed E-state index contributed by atoms with van der Waals surface area (Å²) in [5.74, 6) is 0.960. The molecule has 28 heavy (non-hydrogen) atoms. The highest BCUT2D eigenvalue weighted by molar-refractivity contribution is 5.99. The van der Waals surface area contributed by atoms with Gasteiger partial charge in [0, 0.05) is 48.3 Å². The average Bonchev–Trinajstić information content (AvgIpc) is 3.17. The molecule has 0 atom stereocenters. The fourth-order valence-electron chi connectivity index (χ4n) is 2.99. The fraction of sp³-hybridized carbons (Fsp3) is 0.0476. The van der Waals surface area contributed by atoms with Crippen LogP contribution in [0.2, 0.25) is 0 Å². The standard InChI is InChI=1S/C21H18N6O/c1-3-20(28)27-19-9-13(4-6-24-19)15-8-16-17(12-26-21(16)25-11-15)14-5-7-23-18(10-14)22-2/h3-12H,1H2,2H3,(H,22,23)(H,25,26)(H,24,27,28). The van der Waals surface area contributed by atoms with Crippen LogP contribution in [0.15, 0.2) is 67.8 Å². The van der Waals surface area contributed by atoms with E-state index in [1.807, 2.05) is 37.5 Å². The van der Waals surface area contributed by atoms with E-state index >= 15 is 0 Å². The van der Waals surface area contributed by atoms with Gasteiger partial charge in [0.1, 0.15) is 17.3 Å². The summed E-state index contributed by atoms with van der Waals surface area (Å²) < 4.78 is 0. The summed E-state index contributed by atoms with van der Waals surface area (Å²) in [6.07, 6.45) is 8.37. The number of hydrogen-bond donors (Lipinski definition) is 3. The molecular weight excluding hydrogens is 352 g/mol. The molecular formula is C21H18N6O. The molecule has 4 heterocycles. The molecule has 4 rings (SSSR count). The van der Waals surface area contributed by atoms with E-state index in [0.717, 1.165) is 39.1 Å². The van der Waals surface area contributed by atoms with E-state index in [2.05, 4.69) is 43.2 Å². The van der Waals surface area contributed by atoms with Gasteiger partial charge in [-0.15, -0.1) is 0 Å². The molecule has 0 aromatic carbocycles. The first-order chi connectivity index (χ1) is 13.7. The molecule has 0 radical (unpaired) electrons. The number of rotatable bonds is 5. The zero-order valence-electron chi connectivity index (χ0n) is 15.2. The van der Waals surface area contributed by atoms with Gasteiger partial charge in [-0.1, -0.05) is 6.58 Å². The summed E-state index contributed by atoms with van der Waals surface area (Å²) in [7, 11) is 1.84. The van der Waals surface area contributed by atoms with Crippen LogP contribution in [0.4, 0.5) is 11.6 Å². The number of aromatic amines is 1. The monoisotopic (exact) mass is 370 g/mol. The number of H-pyrrole nitrogens is 1. The summed E-state index contributed by atoms with van der Waals surface area (Å²) in [6.45, 7) is 3.45. The first-order valence-corrected chi connectivity index (χ1v) is 8.69. The lowest BCUT2D eigenvalue weighted by molar-refractivity contribution is -0.111. The molecule has 1 amide bonds. The van der Waals surface area contributed by atoms with E-state index in [4.69, 9.17) is 0 Å². The van der Waals surface area contributed by atoms with Crippen LogP contribution < -0.4 is 10.6 Å². The third-order valence-electron chi connectivity index (χ3n) is 4.39. The predicted molar refractivity (Wildman–Crippen MR) is 111 cm³/mol. The van der Waals surface area contributed by atoms with Gasteiger partial charge in [-0.05, 0) is 47.5 Å². The van der Waals surface area contributed by atoms with Gasteiger partial charge in [0.15, 0.2) is 0 Å². The number of nitrogens with one attached hydrogen (secondary N) is 3. The zero-order chi connectivity index (χ0) is 19.5. The minimum Gasteiger partial charge on any atom is -0.373 e. The molecule has 0 saturated heterocycles. The minimum absolute atomic E-state index is 0.302. The second-order valence-corrected chi connectivity index (χ2v) is 6.13. The van der Waals surface area contributed by atoms with Crippen molar-refractivity contribution in [3.8, 4) is 22.3 Å². The molecule has 0 aliphatic rings. The highest BCUT2D eigenvalue weighted by Gasteiger charge is 2.10. The Balaban J connectivity index is 1.77. The SMILES string of the molecule is C=CC(=O)Nc1cc(-c2cnc3[nH]cc(-c4ccnc(NC)c4)c3c2)ccn1. The first-order valence-electron chi connectivity index (χ1n) is 8.69. The maximum atomic E-state index is 11.5. The molecule has 0 spiro atoms. The fourth-order valence-corrected chi connectivity index (χ4v) is 2.99. The number of aromatic nitrogens is 4. The van der Waals surface area contributed by atoms with Crippen LogP contribution in [0, 0.1) is 0 Å².